The molecule has 0 radical (unpaired) electrons. The number of carbonyl (C=O) groups is 2. The monoisotopic (exact) mass is 874 g/mol. The van der Waals surface area contributed by atoms with E-state index in [1.54, 1.807) is 85.8 Å². The summed E-state index contributed by atoms with van der Waals surface area (Å²) in [6.45, 7) is 1.78. The zero-order valence-corrected chi connectivity index (χ0v) is 34.2. The summed E-state index contributed by atoms with van der Waals surface area (Å²) in [5.41, 5.74) is 21.3. The number of rotatable bonds is 14. The maximum absolute atomic E-state index is 13.3. The van der Waals surface area contributed by atoms with Gasteiger partial charge in [-0.1, -0.05) is 18.2 Å². The number of anilines is 5. The minimum absolute atomic E-state index is 0.0879. The van der Waals surface area contributed by atoms with Crippen LogP contribution in [0.1, 0.15) is 23.1 Å². The number of hydrazone groups is 1. The van der Waals surface area contributed by atoms with E-state index in [-0.39, 0.29) is 22.0 Å². The molecule has 0 aromatic heterocycles. The van der Waals surface area contributed by atoms with Crippen molar-refractivity contribution in [3.8, 4) is 11.5 Å². The Labute approximate surface area is 352 Å². The molecule has 9 N–H and O–H groups in total. The number of benzene rings is 5. The van der Waals surface area contributed by atoms with Crippen molar-refractivity contribution in [1.29, 1.82) is 0 Å². The Bertz CT molecular complexity index is 2630. The SMILES string of the molecule is COc1cc(NOS(=O)c2c(N)ccc3c(SO)cccc23)c(C)cc1NOSc1cc2c(c(O)c1N)CCC(N=NC1C(=O)N(c3ccc(S)cc3)N=C1C(=O)O)=C2. The number of azo groups is 1. The minimum Gasteiger partial charge on any atom is -0.505 e. The molecule has 2 unspecified atom stereocenters. The van der Waals surface area contributed by atoms with Crippen LogP contribution in [0, 0.1) is 6.92 Å². The number of thiol groups is 1. The fourth-order valence-electron chi connectivity index (χ4n) is 6.25. The first-order chi connectivity index (χ1) is 28.4. The van der Waals surface area contributed by atoms with E-state index >= 15 is 0 Å². The number of phenolic OH excluding ortho intramolecular Hbond substituents is 1. The zero-order valence-electron chi connectivity index (χ0n) is 30.9. The van der Waals surface area contributed by atoms with Crippen LogP contribution in [0.15, 0.2) is 113 Å². The van der Waals surface area contributed by atoms with Crippen molar-refractivity contribution in [2.45, 2.75) is 45.4 Å². The first-order valence-electron chi connectivity index (χ1n) is 17.3. The molecule has 1 amide bonds. The van der Waals surface area contributed by atoms with Crippen molar-refractivity contribution in [3.63, 3.8) is 0 Å². The van der Waals surface area contributed by atoms with Gasteiger partial charge in [0, 0.05) is 38.8 Å². The van der Waals surface area contributed by atoms with E-state index < -0.39 is 34.7 Å². The molecule has 0 bridgehead atoms. The lowest BCUT2D eigenvalue weighted by atomic mass is 9.94. The van der Waals surface area contributed by atoms with Crippen LogP contribution in [0.2, 0.25) is 0 Å². The third-order valence-corrected chi connectivity index (χ3v) is 11.8. The molecule has 1 aliphatic heterocycles. The Morgan fingerprint density at radius 2 is 1.81 bits per heavy atom. The number of nitrogen functional groups attached to an aromatic ring is 2. The molecule has 21 heteroatoms. The molecule has 5 aromatic carbocycles. The molecule has 1 heterocycles. The van der Waals surface area contributed by atoms with Gasteiger partial charge in [0.2, 0.25) is 17.1 Å². The number of fused-ring (bicyclic) bond motifs is 2. The highest BCUT2D eigenvalue weighted by atomic mass is 32.2. The van der Waals surface area contributed by atoms with Crippen LogP contribution < -0.4 is 32.2 Å². The van der Waals surface area contributed by atoms with Crippen molar-refractivity contribution >= 4 is 111 Å². The van der Waals surface area contributed by atoms with Gasteiger partial charge in [0.05, 0.1) is 57.4 Å². The molecular weight excluding hydrogens is 841 g/mol. The molecule has 0 fully saturated rings. The zero-order chi connectivity index (χ0) is 42.0. The number of aliphatic carboxylic acids is 1. The van der Waals surface area contributed by atoms with E-state index in [1.807, 2.05) is 0 Å². The van der Waals surface area contributed by atoms with Crippen molar-refractivity contribution in [2.24, 2.45) is 15.3 Å². The van der Waals surface area contributed by atoms with E-state index in [1.165, 1.54) is 7.11 Å². The molecular formula is C38H34N8O9S4. The van der Waals surface area contributed by atoms with Crippen LogP contribution in [0.4, 0.5) is 28.4 Å². The number of amides is 1. The molecule has 5 aromatic rings. The summed E-state index contributed by atoms with van der Waals surface area (Å²) in [7, 11) is 1.45. The summed E-state index contributed by atoms with van der Waals surface area (Å²) in [4.78, 5) is 27.0. The van der Waals surface area contributed by atoms with Gasteiger partial charge >= 0.3 is 5.97 Å². The van der Waals surface area contributed by atoms with Gasteiger partial charge in [0.25, 0.3) is 5.91 Å². The molecule has 0 saturated heterocycles. The molecule has 0 spiro atoms. The average Bonchev–Trinajstić information content (AvgIpc) is 3.56. The standard InChI is InChI=1S/C38H34N8O9S4/c1-18-14-28(29(53-2)17-27(18)45-55-59(52)36-25-4-3-5-30(57-51)24(25)12-13-26(36)39)44-54-58-31-16-19-15-20(6-11-23(19)35(47)32(31)40)41-42-33-34(38(49)50)43-46(37(33)48)21-7-9-22(56)10-8-21/h3-5,7-10,12-17,33,44-45,47,51,56H,6,11,39-40H2,1-2H3,(H,49,50). The number of carboxylic acids is 1. The smallest absolute Gasteiger partial charge is 0.355 e. The number of ether oxygens (including phenoxy) is 1. The van der Waals surface area contributed by atoms with Gasteiger partial charge < -0.3 is 31.0 Å². The summed E-state index contributed by atoms with van der Waals surface area (Å²) >= 11 is 3.59. The second-order valence-corrected chi connectivity index (χ2v) is 15.9. The Balaban J connectivity index is 1.03. The number of nitrogens with two attached hydrogens (primary N) is 2. The van der Waals surface area contributed by atoms with Gasteiger partial charge in [-0.25, -0.2) is 14.5 Å². The molecule has 0 saturated carbocycles. The van der Waals surface area contributed by atoms with Crippen LogP contribution in [0.5, 0.6) is 11.5 Å². The number of allylic oxidation sites excluding steroid dienone is 1. The first-order valence-corrected chi connectivity index (χ1v) is 20.4. The van der Waals surface area contributed by atoms with E-state index in [2.05, 4.69) is 38.9 Å². The third kappa shape index (κ3) is 8.52. The van der Waals surface area contributed by atoms with Gasteiger partial charge in [-0.05, 0) is 90.9 Å². The Kier molecular flexibility index (Phi) is 12.3. The Morgan fingerprint density at radius 1 is 1.03 bits per heavy atom. The van der Waals surface area contributed by atoms with Crippen molar-refractivity contribution in [2.75, 3.05) is 34.5 Å². The highest BCUT2D eigenvalue weighted by Crippen LogP contribution is 2.42. The van der Waals surface area contributed by atoms with E-state index in [0.29, 0.717) is 95.5 Å². The van der Waals surface area contributed by atoms with E-state index in [0.717, 1.165) is 17.1 Å². The molecule has 59 heavy (non-hydrogen) atoms. The summed E-state index contributed by atoms with van der Waals surface area (Å²) in [6.07, 6.45) is 2.33. The van der Waals surface area contributed by atoms with Crippen LogP contribution in [-0.4, -0.2) is 49.7 Å². The van der Waals surface area contributed by atoms with Gasteiger partial charge in [0.1, 0.15) is 17.2 Å². The number of aromatic hydroxyl groups is 1. The minimum atomic E-state index is -2.05. The van der Waals surface area contributed by atoms with E-state index in [9.17, 15) is 28.6 Å². The predicted octanol–water partition coefficient (Wildman–Crippen LogP) is 7.59. The largest absolute Gasteiger partial charge is 0.505 e. The number of hydrogen-bond donors (Lipinski definition) is 8. The summed E-state index contributed by atoms with van der Waals surface area (Å²) < 4.78 is 39.9. The van der Waals surface area contributed by atoms with Crippen LogP contribution in [0.3, 0.4) is 0 Å². The van der Waals surface area contributed by atoms with Gasteiger partial charge in [-0.3, -0.25) is 10.3 Å². The Morgan fingerprint density at radius 3 is 2.54 bits per heavy atom. The lowest BCUT2D eigenvalue weighted by Crippen LogP contribution is -2.33. The van der Waals surface area contributed by atoms with Crippen LogP contribution in [-0.2, 0) is 35.7 Å². The van der Waals surface area contributed by atoms with Gasteiger partial charge in [0.15, 0.2) is 5.71 Å². The van der Waals surface area contributed by atoms with Gasteiger partial charge in [-0.2, -0.15) is 28.9 Å². The third-order valence-electron chi connectivity index (χ3n) is 9.24. The number of hydrogen-bond acceptors (Lipinski definition) is 18. The molecule has 2 atom stereocenters. The number of phenols is 1. The molecule has 304 valence electrons. The number of carbonyl (C=O) groups excluding carboxylic acids is 1. The van der Waals surface area contributed by atoms with Crippen LogP contribution >= 0.6 is 36.7 Å². The average molecular weight is 875 g/mol. The number of methoxy groups -OCH3 is 1. The fourth-order valence-corrected chi connectivity index (χ4v) is 8.27. The van der Waals surface area contributed by atoms with Crippen molar-refractivity contribution in [3.05, 3.63) is 95.2 Å². The molecule has 7 rings (SSSR count). The highest BCUT2D eigenvalue weighted by Gasteiger charge is 2.41. The second kappa shape index (κ2) is 17.6. The first kappa shape index (κ1) is 41.4. The number of nitrogens with one attached hydrogen (secondary N) is 2. The Hall–Kier alpha value is -5.81. The molecule has 2 aliphatic rings. The normalized spacial score (nSPS) is 15.6. The van der Waals surface area contributed by atoms with Gasteiger partial charge in [-0.15, -0.1) is 12.6 Å². The predicted molar refractivity (Wildman–Crippen MR) is 230 cm³/mol. The maximum Gasteiger partial charge on any atom is 0.355 e. The number of aryl methyl sites for hydroxylation is 1. The summed E-state index contributed by atoms with van der Waals surface area (Å²) in [5.74, 6) is -1.88. The summed E-state index contributed by atoms with van der Waals surface area (Å²) in [5, 5.41) is 35.3. The lowest BCUT2D eigenvalue weighted by molar-refractivity contribution is -0.130. The maximum atomic E-state index is 13.3. The molecule has 1 aliphatic carbocycles. The number of nitrogens with zero attached hydrogens (tertiary/aromatic N) is 4. The van der Waals surface area contributed by atoms with Crippen molar-refractivity contribution in [1.82, 2.24) is 0 Å². The topological polar surface area (TPSA) is 256 Å². The lowest BCUT2D eigenvalue weighted by Gasteiger charge is -2.19. The molecule has 17 nitrogen and oxygen atoms in total. The highest BCUT2D eigenvalue weighted by molar-refractivity contribution is 7.95. The van der Waals surface area contributed by atoms with E-state index in [4.69, 9.17) is 24.8 Å². The quantitative estimate of drug-likeness (QED) is 0.0134. The van der Waals surface area contributed by atoms with Crippen LogP contribution in [0.25, 0.3) is 16.8 Å². The summed E-state index contributed by atoms with van der Waals surface area (Å²) in [6, 6.07) is 18.5. The fraction of sp³-hybridized carbons (Fsp3) is 0.132. The second-order valence-electron chi connectivity index (χ2n) is 12.9. The van der Waals surface area contributed by atoms with Crippen molar-refractivity contribution < 1.29 is 41.9 Å². The number of carboxylic acid groups (broad SMARTS) is 1.